The minimum absolute atomic E-state index is 0.00329. The predicted molar refractivity (Wildman–Crippen MR) is 207 cm³/mol. The number of carbonyl (C=O) groups excluding carboxylic acids is 5. The summed E-state index contributed by atoms with van der Waals surface area (Å²) in [5.74, 6) is 4.33. The Bertz CT molecular complexity index is 2450. The molecule has 6 aliphatic rings. The van der Waals surface area contributed by atoms with Crippen LogP contribution in [-0.4, -0.2) is 70.6 Å². The molecule has 11 nitrogen and oxygen atoms in total. The molecule has 57 heavy (non-hydrogen) atoms. The van der Waals surface area contributed by atoms with Gasteiger partial charge in [0.1, 0.15) is 23.7 Å². The van der Waals surface area contributed by atoms with E-state index in [1.54, 1.807) is 18.2 Å². The molecule has 9 rings (SSSR count). The summed E-state index contributed by atoms with van der Waals surface area (Å²) in [7, 11) is 0. The van der Waals surface area contributed by atoms with Gasteiger partial charge < -0.3 is 14.5 Å². The molecule has 0 aromatic heterocycles. The van der Waals surface area contributed by atoms with Crippen molar-refractivity contribution in [2.24, 2.45) is 22.2 Å². The van der Waals surface area contributed by atoms with Gasteiger partial charge in [0.15, 0.2) is 0 Å². The smallest absolute Gasteiger partial charge is 0.262 e. The second kappa shape index (κ2) is 12.6. The minimum Gasteiger partial charge on any atom is -0.489 e. The van der Waals surface area contributed by atoms with Crippen LogP contribution >= 0.6 is 11.6 Å². The van der Waals surface area contributed by atoms with E-state index < -0.39 is 35.5 Å². The number of rotatable bonds is 5. The summed E-state index contributed by atoms with van der Waals surface area (Å²) < 4.78 is 21.8. The van der Waals surface area contributed by atoms with Gasteiger partial charge in [0.25, 0.3) is 17.7 Å². The van der Waals surface area contributed by atoms with Gasteiger partial charge in [-0.3, -0.25) is 34.2 Å². The molecule has 1 atom stereocenters. The first-order valence-electron chi connectivity index (χ1n) is 19.1. The summed E-state index contributed by atoms with van der Waals surface area (Å²) in [6, 6.07) is 12.2. The van der Waals surface area contributed by atoms with Crippen LogP contribution in [0.1, 0.15) is 95.6 Å². The molecule has 0 radical (unpaired) electrons. The van der Waals surface area contributed by atoms with E-state index in [9.17, 15) is 24.0 Å². The second-order valence-corrected chi connectivity index (χ2v) is 18.0. The number of imide groups is 2. The molecule has 4 heterocycles. The third kappa shape index (κ3) is 5.63. The molecule has 3 aromatic carbocycles. The molecule has 1 unspecified atom stereocenters. The molecule has 2 saturated heterocycles. The average Bonchev–Trinajstić information content (AvgIpc) is 3.55. The van der Waals surface area contributed by atoms with Gasteiger partial charge in [0, 0.05) is 65.4 Å². The molecule has 290 valence electrons. The number of hydrogen-bond acceptors (Lipinski definition) is 7. The van der Waals surface area contributed by atoms with E-state index in [1.165, 1.54) is 6.07 Å². The normalized spacial score (nSPS) is 25.1. The number of nitrogens with one attached hydrogen (secondary N) is 1. The summed E-state index contributed by atoms with van der Waals surface area (Å²) in [5.41, 5.74) is 2.33. The Morgan fingerprint density at radius 2 is 1.61 bits per heavy atom. The van der Waals surface area contributed by atoms with Gasteiger partial charge in [0.2, 0.25) is 17.5 Å². The molecular weight excluding hydrogens is 749 g/mol. The molecule has 13 heteroatoms. The quantitative estimate of drug-likeness (QED) is 0.177. The highest BCUT2D eigenvalue weighted by atomic mass is 35.5. The number of hydrogen-bond donors (Lipinski definition) is 1. The zero-order valence-corrected chi connectivity index (χ0v) is 32.6. The Morgan fingerprint density at radius 1 is 0.912 bits per heavy atom. The monoisotopic (exact) mass is 787 g/mol. The summed E-state index contributed by atoms with van der Waals surface area (Å²) in [6.45, 7) is 17.4. The van der Waals surface area contributed by atoms with Gasteiger partial charge in [0.05, 0.1) is 28.4 Å². The maximum atomic E-state index is 15.4. The lowest BCUT2D eigenvalue weighted by Gasteiger charge is -2.65. The van der Waals surface area contributed by atoms with E-state index in [2.05, 4.69) is 49.7 Å². The Morgan fingerprint density at radius 3 is 2.28 bits per heavy atom. The topological polar surface area (TPSA) is 121 Å². The Labute approximate surface area is 334 Å². The third-order valence-electron chi connectivity index (χ3n) is 13.0. The largest absolute Gasteiger partial charge is 0.489 e. The fourth-order valence-electron chi connectivity index (χ4n) is 10.8. The molecule has 4 fully saturated rings. The van der Waals surface area contributed by atoms with E-state index >= 15 is 4.39 Å². The van der Waals surface area contributed by atoms with Crippen LogP contribution in [0.15, 0.2) is 48.5 Å². The minimum atomic E-state index is -1.11. The first-order chi connectivity index (χ1) is 27.0. The summed E-state index contributed by atoms with van der Waals surface area (Å²) >= 11 is 6.28. The second-order valence-electron chi connectivity index (χ2n) is 17.6. The third-order valence-corrected chi connectivity index (χ3v) is 13.3. The van der Waals surface area contributed by atoms with E-state index in [0.717, 1.165) is 34.9 Å². The van der Waals surface area contributed by atoms with Crippen molar-refractivity contribution < 1.29 is 33.1 Å². The SMILES string of the molecule is [C-]#[N+]c1ccc(OC2C(C)(C)C(N3Cc4cc(C#CC5CC6(C5)CN(c5cc7c(cc5F)C(=O)N(C5CCC(=O)NC5=O)C7=O)C6)ccc4C3=O)C2(C)C)cc1Cl. The first kappa shape index (κ1) is 36.9. The van der Waals surface area contributed by atoms with E-state index in [0.29, 0.717) is 41.7 Å². The molecule has 1 N–H and O–H groups in total. The standard InChI is InChI=1S/C44H39ClFN5O6/c1-42(2)40(43(3,4)41(42)57-26-9-11-32(47-5)30(45)15-26)50-20-25-14-23(8-10-27(25)37(50)54)6-7-24-18-44(19-24)21-49(22-44)34-17-29-28(16-31(34)46)38(55)51(39(29)56)33-12-13-35(52)48-36(33)53/h8-11,14-17,24,33,40-41H,12-13,18-22H2,1-4H3,(H,48,52,53). The lowest BCUT2D eigenvalue weighted by atomic mass is 9.49. The maximum absolute atomic E-state index is 15.4. The van der Waals surface area contributed by atoms with E-state index in [-0.39, 0.29) is 69.9 Å². The van der Waals surface area contributed by atoms with Crippen LogP contribution in [0.4, 0.5) is 15.8 Å². The van der Waals surface area contributed by atoms with Crippen molar-refractivity contribution >= 4 is 52.5 Å². The summed E-state index contributed by atoms with van der Waals surface area (Å²) in [4.78, 5) is 72.3. The zero-order valence-electron chi connectivity index (χ0n) is 31.9. The van der Waals surface area contributed by atoms with Crippen molar-refractivity contribution in [2.75, 3.05) is 18.0 Å². The number of benzene rings is 3. The van der Waals surface area contributed by atoms with Gasteiger partial charge in [-0.1, -0.05) is 57.2 Å². The molecule has 2 saturated carbocycles. The fraction of sp³-hybridized carbons (Fsp3) is 0.409. The van der Waals surface area contributed by atoms with Gasteiger partial charge >= 0.3 is 0 Å². The number of fused-ring (bicyclic) bond motifs is 2. The highest BCUT2D eigenvalue weighted by molar-refractivity contribution is 6.33. The van der Waals surface area contributed by atoms with E-state index in [1.807, 2.05) is 28.0 Å². The van der Waals surface area contributed by atoms with Crippen LogP contribution in [0.5, 0.6) is 5.75 Å². The lowest BCUT2D eigenvalue weighted by Crippen LogP contribution is -2.74. The van der Waals surface area contributed by atoms with Crippen molar-refractivity contribution in [2.45, 2.75) is 78.1 Å². The Balaban J connectivity index is 0.818. The van der Waals surface area contributed by atoms with Crippen molar-refractivity contribution in [1.82, 2.24) is 15.1 Å². The average molecular weight is 788 g/mol. The van der Waals surface area contributed by atoms with Crippen LogP contribution in [0, 0.1) is 46.4 Å². The van der Waals surface area contributed by atoms with Crippen molar-refractivity contribution in [3.63, 3.8) is 0 Å². The van der Waals surface area contributed by atoms with Gasteiger partial charge in [-0.05, 0) is 67.3 Å². The van der Waals surface area contributed by atoms with Gasteiger partial charge in [-0.15, -0.1) is 0 Å². The number of ether oxygens (including phenoxy) is 1. The first-order valence-corrected chi connectivity index (χ1v) is 19.5. The molecule has 3 aromatic rings. The number of amides is 5. The van der Waals surface area contributed by atoms with Gasteiger partial charge in [-0.25, -0.2) is 9.24 Å². The Hall–Kier alpha value is -5.72. The van der Waals surface area contributed by atoms with Crippen LogP contribution in [0.3, 0.4) is 0 Å². The van der Waals surface area contributed by atoms with Crippen molar-refractivity contribution in [3.05, 3.63) is 98.6 Å². The Kier molecular flexibility index (Phi) is 8.18. The van der Waals surface area contributed by atoms with Crippen LogP contribution in [0.25, 0.3) is 4.85 Å². The molecule has 0 bridgehead atoms. The predicted octanol–water partition coefficient (Wildman–Crippen LogP) is 6.54. The van der Waals surface area contributed by atoms with Crippen LogP contribution in [0.2, 0.25) is 5.02 Å². The lowest BCUT2D eigenvalue weighted by molar-refractivity contribution is -0.199. The van der Waals surface area contributed by atoms with Crippen molar-refractivity contribution in [1.29, 1.82) is 0 Å². The van der Waals surface area contributed by atoms with Crippen molar-refractivity contribution in [3.8, 4) is 17.6 Å². The highest BCUT2D eigenvalue weighted by Crippen LogP contribution is 2.59. The number of anilines is 1. The maximum Gasteiger partial charge on any atom is 0.262 e. The number of piperidine rings is 1. The van der Waals surface area contributed by atoms with Crippen LogP contribution < -0.4 is 15.0 Å². The molecule has 2 aliphatic carbocycles. The highest BCUT2D eigenvalue weighted by Gasteiger charge is 2.67. The van der Waals surface area contributed by atoms with Crippen LogP contribution in [-0.2, 0) is 16.1 Å². The van der Waals surface area contributed by atoms with Gasteiger partial charge in [-0.2, -0.15) is 0 Å². The van der Waals surface area contributed by atoms with E-state index in [4.69, 9.17) is 22.9 Å². The summed E-state index contributed by atoms with van der Waals surface area (Å²) in [5, 5.41) is 2.51. The number of nitrogens with zero attached hydrogens (tertiary/aromatic N) is 4. The molecule has 1 spiro atoms. The summed E-state index contributed by atoms with van der Waals surface area (Å²) in [6.07, 6.45) is 1.55. The molecule has 5 amide bonds. The fourth-order valence-corrected chi connectivity index (χ4v) is 11.0. The number of halogens is 2. The number of carbonyl (C=O) groups is 5. The zero-order chi connectivity index (χ0) is 40.3. The molecule has 4 aliphatic heterocycles. The molecular formula is C44H39ClFN5O6.